The van der Waals surface area contributed by atoms with Crippen LogP contribution in [0.1, 0.15) is 12.8 Å². The van der Waals surface area contributed by atoms with E-state index in [0.29, 0.717) is 4.71 Å². The van der Waals surface area contributed by atoms with Crippen LogP contribution >= 0.6 is 35.3 Å². The minimum Gasteiger partial charge on any atom is -0.242 e. The van der Waals surface area contributed by atoms with Gasteiger partial charge in [-0.3, -0.25) is 0 Å². The highest BCUT2D eigenvalue weighted by atomic mass is 35.5. The van der Waals surface area contributed by atoms with Crippen molar-refractivity contribution in [3.63, 3.8) is 0 Å². The average Bonchev–Trinajstić information content (AvgIpc) is 2.44. The summed E-state index contributed by atoms with van der Waals surface area (Å²) in [5.41, 5.74) is 1.59. The van der Waals surface area contributed by atoms with Crippen LogP contribution in [-0.2, 0) is 0 Å². The van der Waals surface area contributed by atoms with Crippen LogP contribution in [0.15, 0.2) is 22.5 Å². The highest BCUT2D eigenvalue weighted by Crippen LogP contribution is 2.44. The van der Waals surface area contributed by atoms with Crippen LogP contribution in [0.4, 0.5) is 0 Å². The van der Waals surface area contributed by atoms with E-state index in [-0.39, 0.29) is 0 Å². The smallest absolute Gasteiger partial charge is 0.0870 e. The highest BCUT2D eigenvalue weighted by molar-refractivity contribution is 8.05. The number of halogens is 1. The zero-order chi connectivity index (χ0) is 9.26. The molecule has 0 amide bonds. The van der Waals surface area contributed by atoms with E-state index in [1.807, 2.05) is 17.2 Å². The summed E-state index contributed by atoms with van der Waals surface area (Å²) in [7, 11) is 0. The molecule has 13 heavy (non-hydrogen) atoms. The van der Waals surface area contributed by atoms with Crippen molar-refractivity contribution in [1.82, 2.24) is 4.31 Å². The average molecular weight is 234 g/mol. The maximum absolute atomic E-state index is 6.09. The van der Waals surface area contributed by atoms with Gasteiger partial charge < -0.3 is 0 Å². The zero-order valence-corrected chi connectivity index (χ0v) is 9.72. The third kappa shape index (κ3) is 2.27. The van der Waals surface area contributed by atoms with Gasteiger partial charge in [-0.1, -0.05) is 24.1 Å². The molecule has 72 valence electrons. The Hall–Kier alpha value is 0.430. The van der Waals surface area contributed by atoms with Crippen LogP contribution in [0.5, 0.6) is 0 Å². The Morgan fingerprint density at radius 1 is 1.69 bits per heavy atom. The Morgan fingerprint density at radius 2 is 2.54 bits per heavy atom. The highest BCUT2D eigenvalue weighted by Gasteiger charge is 2.27. The summed E-state index contributed by atoms with van der Waals surface area (Å²) in [5.74, 6) is 0. The van der Waals surface area contributed by atoms with Crippen LogP contribution in [0.2, 0.25) is 0 Å². The van der Waals surface area contributed by atoms with Crippen molar-refractivity contribution in [1.29, 1.82) is 0 Å². The van der Waals surface area contributed by atoms with E-state index >= 15 is 0 Å². The molecule has 0 bridgehead atoms. The van der Waals surface area contributed by atoms with E-state index in [9.17, 15) is 0 Å². The van der Waals surface area contributed by atoms with Gasteiger partial charge in [0.05, 0.1) is 4.71 Å². The maximum Gasteiger partial charge on any atom is 0.0870 e. The van der Waals surface area contributed by atoms with E-state index in [1.165, 1.54) is 11.3 Å². The lowest BCUT2D eigenvalue weighted by Gasteiger charge is -2.25. The van der Waals surface area contributed by atoms with Gasteiger partial charge in [-0.25, -0.2) is 4.31 Å². The molecule has 2 aliphatic rings. The van der Waals surface area contributed by atoms with Crippen LogP contribution in [0.25, 0.3) is 0 Å². The Labute approximate surface area is 92.7 Å². The number of hydrogen-bond acceptors (Lipinski definition) is 3. The molecule has 0 N–H and O–H groups in total. The second-order valence-electron chi connectivity index (χ2n) is 3.14. The fourth-order valence-electron chi connectivity index (χ4n) is 1.67. The second-order valence-corrected chi connectivity index (χ2v) is 6.29. The summed E-state index contributed by atoms with van der Waals surface area (Å²) in [6.07, 6.45) is 2.28. The van der Waals surface area contributed by atoms with E-state index in [2.05, 4.69) is 10.9 Å². The number of rotatable bonds is 2. The van der Waals surface area contributed by atoms with E-state index in [1.54, 1.807) is 17.5 Å². The first-order chi connectivity index (χ1) is 6.29. The van der Waals surface area contributed by atoms with Gasteiger partial charge in [0.15, 0.2) is 0 Å². The van der Waals surface area contributed by atoms with Crippen LogP contribution < -0.4 is 0 Å². The number of alkyl halides is 1. The first-order valence-corrected chi connectivity index (χ1v) is 6.49. The van der Waals surface area contributed by atoms with Crippen molar-refractivity contribution < 1.29 is 0 Å². The Balaban J connectivity index is 1.99. The van der Waals surface area contributed by atoms with Crippen LogP contribution in [-0.4, -0.2) is 22.1 Å². The minimum absolute atomic E-state index is 0.290. The van der Waals surface area contributed by atoms with Crippen molar-refractivity contribution in [2.24, 2.45) is 0 Å². The summed E-state index contributed by atoms with van der Waals surface area (Å²) in [4.78, 5) is 1.50. The molecule has 0 aromatic heterocycles. The van der Waals surface area contributed by atoms with Gasteiger partial charge in [-0.2, -0.15) is 0 Å². The molecule has 2 rings (SSSR count). The van der Waals surface area contributed by atoms with Crippen LogP contribution in [0.3, 0.4) is 0 Å². The van der Waals surface area contributed by atoms with Gasteiger partial charge >= 0.3 is 0 Å². The van der Waals surface area contributed by atoms with Gasteiger partial charge in [-0.05, 0) is 18.2 Å². The topological polar surface area (TPSA) is 3.24 Å². The van der Waals surface area contributed by atoms with E-state index < -0.39 is 0 Å². The van der Waals surface area contributed by atoms with Gasteiger partial charge in [0, 0.05) is 18.0 Å². The van der Waals surface area contributed by atoms with Gasteiger partial charge in [-0.15, -0.1) is 23.4 Å². The lowest BCUT2D eigenvalue weighted by Crippen LogP contribution is -2.23. The molecule has 0 fully saturated rings. The molecule has 0 saturated heterocycles. The van der Waals surface area contributed by atoms with Crippen molar-refractivity contribution in [2.75, 3.05) is 13.1 Å². The summed E-state index contributed by atoms with van der Waals surface area (Å²) in [6.45, 7) is 5.92. The molecule has 2 heterocycles. The van der Waals surface area contributed by atoms with Gasteiger partial charge in [0.2, 0.25) is 0 Å². The summed E-state index contributed by atoms with van der Waals surface area (Å²) < 4.78 is 2.63. The molecule has 1 atom stereocenters. The number of hydrogen-bond donors (Lipinski definition) is 0. The monoisotopic (exact) mass is 233 g/mol. The first-order valence-electron chi connectivity index (χ1n) is 4.34. The first kappa shape index (κ1) is 9.97. The lowest BCUT2D eigenvalue weighted by molar-refractivity contribution is 0.495. The molecular weight excluding hydrogens is 222 g/mol. The molecule has 0 saturated carbocycles. The van der Waals surface area contributed by atoms with Gasteiger partial charge in [0.1, 0.15) is 0 Å². The Kier molecular flexibility index (Phi) is 3.30. The third-order valence-electron chi connectivity index (χ3n) is 2.28. The van der Waals surface area contributed by atoms with Crippen LogP contribution in [0, 0.1) is 0 Å². The fourth-order valence-corrected chi connectivity index (χ4v) is 4.05. The molecular formula is C9H12ClNS2. The largest absolute Gasteiger partial charge is 0.242 e. The van der Waals surface area contributed by atoms with E-state index in [4.69, 9.17) is 11.6 Å². The van der Waals surface area contributed by atoms with Crippen molar-refractivity contribution in [2.45, 2.75) is 17.6 Å². The summed E-state index contributed by atoms with van der Waals surface area (Å²) in [5, 5.41) is 1.89. The molecule has 0 spiro atoms. The quantitative estimate of drug-likeness (QED) is 0.532. The summed E-state index contributed by atoms with van der Waals surface area (Å²) >= 11 is 9.63. The molecule has 0 radical (unpaired) electrons. The molecule has 4 heteroatoms. The standard InChI is InChI=1S/C9H12ClNS2/c1-2-12-11-4-3-7-5-9(10)13-8(7)6-11/h2,9H,1,3-6H2. The molecule has 0 aromatic carbocycles. The minimum atomic E-state index is 0.290. The predicted octanol–water partition coefficient (Wildman–Crippen LogP) is 3.44. The number of thioether (sulfide) groups is 1. The fraction of sp³-hybridized carbons (Fsp3) is 0.556. The van der Waals surface area contributed by atoms with Gasteiger partial charge in [0.25, 0.3) is 0 Å². The third-order valence-corrected chi connectivity index (χ3v) is 4.58. The molecule has 0 aromatic rings. The predicted molar refractivity (Wildman–Crippen MR) is 62.9 cm³/mol. The zero-order valence-electron chi connectivity index (χ0n) is 7.33. The SMILES string of the molecule is C=CSN1CCC2=C(C1)SC(Cl)C2. The Bertz CT molecular complexity index is 252. The normalized spacial score (nSPS) is 29.2. The molecule has 2 aliphatic heterocycles. The lowest BCUT2D eigenvalue weighted by atomic mass is 10.1. The maximum atomic E-state index is 6.09. The second kappa shape index (κ2) is 4.30. The van der Waals surface area contributed by atoms with Crippen molar-refractivity contribution in [3.8, 4) is 0 Å². The molecule has 1 unspecified atom stereocenters. The number of nitrogens with zero attached hydrogens (tertiary/aromatic N) is 1. The molecule has 0 aliphatic carbocycles. The van der Waals surface area contributed by atoms with Crippen molar-refractivity contribution >= 4 is 35.3 Å². The summed E-state index contributed by atoms with van der Waals surface area (Å²) in [6, 6.07) is 0. The van der Waals surface area contributed by atoms with Crippen molar-refractivity contribution in [3.05, 3.63) is 22.5 Å². The molecule has 1 nitrogen and oxygen atoms in total. The van der Waals surface area contributed by atoms with E-state index in [0.717, 1.165) is 19.5 Å². The Morgan fingerprint density at radius 3 is 3.31 bits per heavy atom.